The molecule has 29 heavy (non-hydrogen) atoms. The first-order chi connectivity index (χ1) is 13.2. The SMILES string of the molecule is CC(=O)O[C@@]12C[C@@H](C)[C@@]3(O)[C@H]([C@@H]1C2(C)C)[C@@H]1O[C@]1(C)[C@@H](O)[C@]1(O)C(=O)C(C)=C[C@H]13. The van der Waals surface area contributed by atoms with Gasteiger partial charge in [-0.3, -0.25) is 9.59 Å². The molecule has 1 heterocycles. The second-order valence-electron chi connectivity index (χ2n) is 10.8. The van der Waals surface area contributed by atoms with Crippen LogP contribution < -0.4 is 0 Å². The Balaban J connectivity index is 1.72. The topological polar surface area (TPSA) is 117 Å². The summed E-state index contributed by atoms with van der Waals surface area (Å²) < 4.78 is 11.8. The number of ether oxygens (including phenoxy) is 2. The van der Waals surface area contributed by atoms with E-state index in [4.69, 9.17) is 9.47 Å². The number of hydrogen-bond acceptors (Lipinski definition) is 7. The lowest BCUT2D eigenvalue weighted by Crippen LogP contribution is -2.65. The van der Waals surface area contributed by atoms with Crippen molar-refractivity contribution in [3.63, 3.8) is 0 Å². The number of aliphatic hydroxyl groups is 3. The van der Waals surface area contributed by atoms with Crippen LogP contribution in [-0.4, -0.2) is 61.7 Å². The normalized spacial score (nSPS) is 58.8. The Kier molecular flexibility index (Phi) is 3.36. The van der Waals surface area contributed by atoms with E-state index in [0.717, 1.165) is 0 Å². The second kappa shape index (κ2) is 4.96. The molecule has 4 fully saturated rings. The third-order valence-corrected chi connectivity index (χ3v) is 9.19. The van der Waals surface area contributed by atoms with Crippen molar-refractivity contribution in [2.45, 2.75) is 82.6 Å². The molecule has 160 valence electrons. The summed E-state index contributed by atoms with van der Waals surface area (Å²) in [5.41, 5.74) is -5.55. The third-order valence-electron chi connectivity index (χ3n) is 9.19. The zero-order chi connectivity index (χ0) is 21.5. The standard InChI is InChI=1S/C22H30O7/c1-9-7-12-21(26)10(2)8-20(28-11(3)23)14(18(20,4)5)13(21)16-19(6,29-16)17(25)22(12,27)15(9)24/h7,10,12-14,16-17,25-27H,8H2,1-6H3/t10-,12+,13-,14-,16+,17-,19+,20+,21+,22-/m1/s1. The van der Waals surface area contributed by atoms with Gasteiger partial charge in [-0.05, 0) is 31.8 Å². The molecule has 3 N–H and O–H groups in total. The van der Waals surface area contributed by atoms with E-state index in [1.165, 1.54) is 6.92 Å². The molecule has 5 aliphatic rings. The van der Waals surface area contributed by atoms with Crippen LogP contribution in [0, 0.1) is 29.1 Å². The molecule has 1 saturated heterocycles. The Hall–Kier alpha value is -1.28. The van der Waals surface area contributed by atoms with E-state index in [1.54, 1.807) is 19.9 Å². The van der Waals surface area contributed by atoms with Crippen LogP contribution in [0.2, 0.25) is 0 Å². The van der Waals surface area contributed by atoms with Gasteiger partial charge in [0.1, 0.15) is 17.3 Å². The molecule has 7 heteroatoms. The van der Waals surface area contributed by atoms with Crippen LogP contribution in [0.1, 0.15) is 48.0 Å². The average molecular weight is 406 g/mol. The number of Topliss-reactive ketones (excluding diaryl/α,β-unsaturated/α-hetero) is 1. The van der Waals surface area contributed by atoms with Gasteiger partial charge in [0, 0.05) is 30.1 Å². The Morgan fingerprint density at radius 3 is 2.48 bits per heavy atom. The smallest absolute Gasteiger partial charge is 0.303 e. The fourth-order valence-corrected chi connectivity index (χ4v) is 7.64. The number of ketones is 1. The maximum absolute atomic E-state index is 13.0. The van der Waals surface area contributed by atoms with Crippen LogP contribution in [0.5, 0.6) is 0 Å². The molecule has 0 aromatic heterocycles. The number of carbonyl (C=O) groups is 2. The summed E-state index contributed by atoms with van der Waals surface area (Å²) >= 11 is 0. The first kappa shape index (κ1) is 19.7. The van der Waals surface area contributed by atoms with Crippen molar-refractivity contribution >= 4 is 11.8 Å². The lowest BCUT2D eigenvalue weighted by Gasteiger charge is -2.51. The van der Waals surface area contributed by atoms with Crippen LogP contribution in [0.4, 0.5) is 0 Å². The molecule has 10 atom stereocenters. The van der Waals surface area contributed by atoms with E-state index < -0.39 is 63.6 Å². The van der Waals surface area contributed by atoms with Crippen LogP contribution in [0.15, 0.2) is 11.6 Å². The van der Waals surface area contributed by atoms with E-state index in [-0.39, 0.29) is 11.9 Å². The van der Waals surface area contributed by atoms with Crippen molar-refractivity contribution in [3.05, 3.63) is 11.6 Å². The molecule has 0 aromatic carbocycles. The van der Waals surface area contributed by atoms with Gasteiger partial charge in [0.2, 0.25) is 0 Å². The quantitative estimate of drug-likeness (QED) is 0.434. The number of hydrogen-bond donors (Lipinski definition) is 3. The number of aliphatic hydroxyl groups excluding tert-OH is 1. The first-order valence-electron chi connectivity index (χ1n) is 10.4. The van der Waals surface area contributed by atoms with Crippen LogP contribution in [0.3, 0.4) is 0 Å². The van der Waals surface area contributed by atoms with E-state index in [2.05, 4.69) is 0 Å². The van der Waals surface area contributed by atoms with Gasteiger partial charge in [-0.15, -0.1) is 0 Å². The zero-order valence-corrected chi connectivity index (χ0v) is 17.7. The number of carbonyl (C=O) groups excluding carboxylic acids is 2. The molecular formula is C22H30O7. The summed E-state index contributed by atoms with van der Waals surface area (Å²) in [5, 5.41) is 34.9. The van der Waals surface area contributed by atoms with Gasteiger partial charge >= 0.3 is 5.97 Å². The molecule has 1 aliphatic heterocycles. The molecular weight excluding hydrogens is 376 g/mol. The fraction of sp³-hybridized carbons (Fsp3) is 0.818. The van der Waals surface area contributed by atoms with Crippen molar-refractivity contribution in [2.24, 2.45) is 29.1 Å². The molecule has 0 amide bonds. The van der Waals surface area contributed by atoms with Crippen LogP contribution in [0.25, 0.3) is 0 Å². The molecule has 0 aromatic rings. The van der Waals surface area contributed by atoms with Crippen molar-refractivity contribution in [3.8, 4) is 0 Å². The number of epoxide rings is 1. The molecule has 5 rings (SSSR count). The molecule has 0 bridgehead atoms. The summed E-state index contributed by atoms with van der Waals surface area (Å²) in [7, 11) is 0. The molecule has 7 nitrogen and oxygen atoms in total. The Labute approximate surface area is 170 Å². The van der Waals surface area contributed by atoms with E-state index in [9.17, 15) is 24.9 Å². The predicted octanol–water partition coefficient (Wildman–Crippen LogP) is 0.740. The molecule has 0 unspecified atom stereocenters. The monoisotopic (exact) mass is 406 g/mol. The van der Waals surface area contributed by atoms with Gasteiger partial charge < -0.3 is 24.8 Å². The Bertz CT molecular complexity index is 878. The number of rotatable bonds is 1. The largest absolute Gasteiger partial charge is 0.458 e. The maximum atomic E-state index is 13.0. The summed E-state index contributed by atoms with van der Waals surface area (Å²) in [6.45, 7) is 10.6. The van der Waals surface area contributed by atoms with Gasteiger partial charge in [0.25, 0.3) is 0 Å². The maximum Gasteiger partial charge on any atom is 0.303 e. The van der Waals surface area contributed by atoms with Gasteiger partial charge in [-0.2, -0.15) is 0 Å². The second-order valence-corrected chi connectivity index (χ2v) is 10.8. The highest BCUT2D eigenvalue weighted by molar-refractivity contribution is 6.05. The van der Waals surface area contributed by atoms with Crippen molar-refractivity contribution in [2.75, 3.05) is 0 Å². The van der Waals surface area contributed by atoms with E-state index in [1.807, 2.05) is 20.8 Å². The van der Waals surface area contributed by atoms with Gasteiger partial charge in [-0.25, -0.2) is 0 Å². The molecule has 3 saturated carbocycles. The highest BCUT2D eigenvalue weighted by Gasteiger charge is 2.89. The Morgan fingerprint density at radius 1 is 1.28 bits per heavy atom. The molecule has 0 radical (unpaired) electrons. The fourth-order valence-electron chi connectivity index (χ4n) is 7.64. The van der Waals surface area contributed by atoms with Gasteiger partial charge in [-0.1, -0.05) is 26.8 Å². The third kappa shape index (κ3) is 1.82. The summed E-state index contributed by atoms with van der Waals surface area (Å²) in [6, 6.07) is 0. The summed E-state index contributed by atoms with van der Waals surface area (Å²) in [4.78, 5) is 24.9. The van der Waals surface area contributed by atoms with Gasteiger partial charge in [0.05, 0.1) is 11.7 Å². The minimum Gasteiger partial charge on any atom is -0.458 e. The predicted molar refractivity (Wildman–Crippen MR) is 100 cm³/mol. The van der Waals surface area contributed by atoms with Crippen molar-refractivity contribution in [1.29, 1.82) is 0 Å². The number of fused-ring (bicyclic) bond motifs is 7. The molecule has 4 aliphatic carbocycles. The summed E-state index contributed by atoms with van der Waals surface area (Å²) in [5.74, 6) is -2.96. The molecule has 0 spiro atoms. The first-order valence-corrected chi connectivity index (χ1v) is 10.4. The lowest BCUT2D eigenvalue weighted by atomic mass is 9.59. The van der Waals surface area contributed by atoms with Crippen LogP contribution in [-0.2, 0) is 19.1 Å². The van der Waals surface area contributed by atoms with E-state index >= 15 is 0 Å². The minimum absolute atomic E-state index is 0.203. The van der Waals surface area contributed by atoms with Crippen molar-refractivity contribution in [1.82, 2.24) is 0 Å². The highest BCUT2D eigenvalue weighted by Crippen LogP contribution is 2.79. The summed E-state index contributed by atoms with van der Waals surface area (Å²) in [6.07, 6.45) is 0.0445. The van der Waals surface area contributed by atoms with Crippen molar-refractivity contribution < 1.29 is 34.4 Å². The minimum atomic E-state index is -2.13. The lowest BCUT2D eigenvalue weighted by molar-refractivity contribution is -0.213. The zero-order valence-electron chi connectivity index (χ0n) is 17.7. The van der Waals surface area contributed by atoms with Gasteiger partial charge in [0.15, 0.2) is 11.4 Å². The van der Waals surface area contributed by atoms with Crippen LogP contribution >= 0.6 is 0 Å². The highest BCUT2D eigenvalue weighted by atomic mass is 16.6. The Morgan fingerprint density at radius 2 is 1.90 bits per heavy atom. The average Bonchev–Trinajstić information content (AvgIpc) is 3.38. The van der Waals surface area contributed by atoms with E-state index in [0.29, 0.717) is 12.0 Å². The number of esters is 1.